The molecule has 0 aliphatic heterocycles. The Morgan fingerprint density at radius 2 is 1.89 bits per heavy atom. The first-order valence-electron chi connectivity index (χ1n) is 7.39. The molecule has 19 heavy (non-hydrogen) atoms. The highest BCUT2D eigenvalue weighted by Gasteiger charge is 2.24. The summed E-state index contributed by atoms with van der Waals surface area (Å²) in [5, 5.41) is 19.2. The van der Waals surface area contributed by atoms with Gasteiger partial charge in [-0.3, -0.25) is 0 Å². The maximum absolute atomic E-state index is 10.2. The van der Waals surface area contributed by atoms with E-state index in [0.717, 1.165) is 31.5 Å². The molecule has 2 N–H and O–H groups in total. The van der Waals surface area contributed by atoms with E-state index in [4.69, 9.17) is 5.11 Å². The van der Waals surface area contributed by atoms with Crippen LogP contribution in [-0.4, -0.2) is 40.9 Å². The van der Waals surface area contributed by atoms with Crippen LogP contribution in [0.5, 0.6) is 0 Å². The highest BCUT2D eigenvalue weighted by molar-refractivity contribution is 5.17. The first-order chi connectivity index (χ1) is 9.31. The van der Waals surface area contributed by atoms with Crippen molar-refractivity contribution < 1.29 is 10.2 Å². The average Bonchev–Trinajstić information content (AvgIpc) is 2.40. The van der Waals surface area contributed by atoms with E-state index < -0.39 is 0 Å². The van der Waals surface area contributed by atoms with Gasteiger partial charge in [0.1, 0.15) is 0 Å². The van der Waals surface area contributed by atoms with E-state index in [9.17, 15) is 5.11 Å². The summed E-state index contributed by atoms with van der Waals surface area (Å²) in [6.07, 6.45) is 5.09. The molecule has 3 heteroatoms. The molecular weight excluding hydrogens is 238 g/mol. The quantitative estimate of drug-likeness (QED) is 0.756. The van der Waals surface area contributed by atoms with Crippen LogP contribution in [0.3, 0.4) is 0 Å². The van der Waals surface area contributed by atoms with Crippen molar-refractivity contribution in [2.75, 3.05) is 19.7 Å². The third-order valence-corrected chi connectivity index (χ3v) is 4.07. The normalized spacial score (nSPS) is 17.4. The third-order valence-electron chi connectivity index (χ3n) is 4.07. The molecule has 0 saturated heterocycles. The van der Waals surface area contributed by atoms with Crippen LogP contribution in [0.1, 0.15) is 43.8 Å². The van der Waals surface area contributed by atoms with Crippen molar-refractivity contribution in [1.82, 2.24) is 4.90 Å². The van der Waals surface area contributed by atoms with Crippen LogP contribution >= 0.6 is 0 Å². The Labute approximate surface area is 115 Å². The van der Waals surface area contributed by atoms with Gasteiger partial charge < -0.3 is 15.1 Å². The standard InChI is InChI=1S/C16H25NO2/c18-13-5-11-17(15-8-4-9-15)12-10-16(19)14-6-2-1-3-7-14/h1-3,6-7,15-16,18-19H,4-5,8-13H2. The Kier molecular flexibility index (Phi) is 5.83. The van der Waals surface area contributed by atoms with Crippen molar-refractivity contribution >= 4 is 0 Å². The van der Waals surface area contributed by atoms with Gasteiger partial charge >= 0.3 is 0 Å². The van der Waals surface area contributed by atoms with Crippen molar-refractivity contribution in [2.45, 2.75) is 44.2 Å². The molecule has 1 aromatic carbocycles. The van der Waals surface area contributed by atoms with Crippen LogP contribution < -0.4 is 0 Å². The van der Waals surface area contributed by atoms with Crippen molar-refractivity contribution in [2.24, 2.45) is 0 Å². The molecule has 1 aromatic rings. The Morgan fingerprint density at radius 1 is 1.16 bits per heavy atom. The number of benzene rings is 1. The predicted octanol–water partition coefficient (Wildman–Crippen LogP) is 2.35. The molecule has 1 saturated carbocycles. The Morgan fingerprint density at radius 3 is 2.47 bits per heavy atom. The zero-order valence-electron chi connectivity index (χ0n) is 11.5. The van der Waals surface area contributed by atoms with Gasteiger partial charge in [0.25, 0.3) is 0 Å². The van der Waals surface area contributed by atoms with Crippen molar-refractivity contribution in [3.05, 3.63) is 35.9 Å². The molecule has 1 aliphatic rings. The molecule has 0 spiro atoms. The van der Waals surface area contributed by atoms with E-state index in [1.54, 1.807) is 0 Å². The van der Waals surface area contributed by atoms with E-state index in [-0.39, 0.29) is 12.7 Å². The minimum absolute atomic E-state index is 0.254. The highest BCUT2D eigenvalue weighted by atomic mass is 16.3. The van der Waals surface area contributed by atoms with Crippen molar-refractivity contribution in [3.63, 3.8) is 0 Å². The maximum Gasteiger partial charge on any atom is 0.0802 e. The van der Waals surface area contributed by atoms with Gasteiger partial charge in [0.2, 0.25) is 0 Å². The first-order valence-corrected chi connectivity index (χ1v) is 7.39. The Hall–Kier alpha value is -0.900. The molecule has 1 unspecified atom stereocenters. The number of hydrogen-bond donors (Lipinski definition) is 2. The van der Waals surface area contributed by atoms with Gasteiger partial charge in [-0.2, -0.15) is 0 Å². The molecular formula is C16H25NO2. The van der Waals surface area contributed by atoms with E-state index in [1.807, 2.05) is 30.3 Å². The van der Waals surface area contributed by atoms with E-state index in [0.29, 0.717) is 6.04 Å². The topological polar surface area (TPSA) is 43.7 Å². The van der Waals surface area contributed by atoms with Crippen LogP contribution in [0.15, 0.2) is 30.3 Å². The molecule has 1 aliphatic carbocycles. The molecule has 0 heterocycles. The monoisotopic (exact) mass is 263 g/mol. The summed E-state index contributed by atoms with van der Waals surface area (Å²) in [6.45, 7) is 2.12. The third kappa shape index (κ3) is 4.30. The number of aliphatic hydroxyl groups is 2. The fourth-order valence-corrected chi connectivity index (χ4v) is 2.63. The van der Waals surface area contributed by atoms with Crippen LogP contribution in [0, 0.1) is 0 Å². The smallest absolute Gasteiger partial charge is 0.0802 e. The molecule has 106 valence electrons. The second kappa shape index (κ2) is 7.63. The lowest BCUT2D eigenvalue weighted by Crippen LogP contribution is -2.41. The van der Waals surface area contributed by atoms with E-state index >= 15 is 0 Å². The number of hydrogen-bond acceptors (Lipinski definition) is 3. The summed E-state index contributed by atoms with van der Waals surface area (Å²) in [7, 11) is 0. The van der Waals surface area contributed by atoms with Crippen LogP contribution in [0.25, 0.3) is 0 Å². The summed E-state index contributed by atoms with van der Waals surface area (Å²) in [6, 6.07) is 10.5. The second-order valence-corrected chi connectivity index (χ2v) is 5.41. The molecule has 0 aromatic heterocycles. The van der Waals surface area contributed by atoms with Crippen LogP contribution in [0.2, 0.25) is 0 Å². The zero-order chi connectivity index (χ0) is 13.5. The van der Waals surface area contributed by atoms with Gasteiger partial charge in [-0.15, -0.1) is 0 Å². The molecule has 0 bridgehead atoms. The number of rotatable bonds is 8. The average molecular weight is 263 g/mol. The molecule has 1 fully saturated rings. The summed E-state index contributed by atoms with van der Waals surface area (Å²) < 4.78 is 0. The largest absolute Gasteiger partial charge is 0.396 e. The van der Waals surface area contributed by atoms with Gasteiger partial charge in [-0.1, -0.05) is 36.8 Å². The molecule has 0 amide bonds. The fourth-order valence-electron chi connectivity index (χ4n) is 2.63. The zero-order valence-corrected chi connectivity index (χ0v) is 11.5. The molecule has 1 atom stereocenters. The van der Waals surface area contributed by atoms with E-state index in [1.165, 1.54) is 19.3 Å². The van der Waals surface area contributed by atoms with E-state index in [2.05, 4.69) is 4.90 Å². The Balaban J connectivity index is 1.80. The van der Waals surface area contributed by atoms with Gasteiger partial charge in [0, 0.05) is 25.7 Å². The van der Waals surface area contributed by atoms with Gasteiger partial charge in [0.05, 0.1) is 6.10 Å². The Bertz CT molecular complexity index is 351. The summed E-state index contributed by atoms with van der Waals surface area (Å²) in [5.74, 6) is 0. The van der Waals surface area contributed by atoms with Gasteiger partial charge in [-0.05, 0) is 31.2 Å². The van der Waals surface area contributed by atoms with Gasteiger partial charge in [0.15, 0.2) is 0 Å². The SMILES string of the molecule is OCCCN(CCC(O)c1ccccc1)C1CCC1. The summed E-state index contributed by atoms with van der Waals surface area (Å²) >= 11 is 0. The van der Waals surface area contributed by atoms with Crippen molar-refractivity contribution in [1.29, 1.82) is 0 Å². The predicted molar refractivity (Wildman–Crippen MR) is 76.9 cm³/mol. The van der Waals surface area contributed by atoms with Crippen molar-refractivity contribution in [3.8, 4) is 0 Å². The number of nitrogens with zero attached hydrogens (tertiary/aromatic N) is 1. The lowest BCUT2D eigenvalue weighted by atomic mass is 9.91. The summed E-state index contributed by atoms with van der Waals surface area (Å²) in [5.41, 5.74) is 0.998. The minimum Gasteiger partial charge on any atom is -0.396 e. The van der Waals surface area contributed by atoms with Gasteiger partial charge in [-0.25, -0.2) is 0 Å². The highest BCUT2D eigenvalue weighted by Crippen LogP contribution is 2.26. The summed E-state index contributed by atoms with van der Waals surface area (Å²) in [4.78, 5) is 2.44. The molecule has 3 nitrogen and oxygen atoms in total. The first kappa shape index (κ1) is 14.5. The lowest BCUT2D eigenvalue weighted by molar-refractivity contribution is 0.0864. The molecule has 2 rings (SSSR count). The lowest BCUT2D eigenvalue weighted by Gasteiger charge is -2.38. The fraction of sp³-hybridized carbons (Fsp3) is 0.625. The van der Waals surface area contributed by atoms with Crippen LogP contribution in [0.4, 0.5) is 0 Å². The maximum atomic E-state index is 10.2. The minimum atomic E-state index is -0.377. The number of aliphatic hydroxyl groups excluding tert-OH is 2. The second-order valence-electron chi connectivity index (χ2n) is 5.41. The van der Waals surface area contributed by atoms with Crippen LogP contribution in [-0.2, 0) is 0 Å². The molecule has 0 radical (unpaired) electrons.